The molecule has 0 unspecified atom stereocenters. The standard InChI is InChI=1S/C10H16FNO3S/c1-2-6-16(14,15)8-10(13)12-5-3-4-9(11)7-12/h4H,2-3,5-8H2,1H3. The molecular formula is C10H16FNO3S. The lowest BCUT2D eigenvalue weighted by molar-refractivity contribution is -0.128. The molecule has 0 aromatic rings. The third kappa shape index (κ3) is 3.92. The van der Waals surface area contributed by atoms with Gasteiger partial charge in [-0.3, -0.25) is 4.79 Å². The molecule has 0 saturated heterocycles. The number of hydrogen-bond acceptors (Lipinski definition) is 3. The van der Waals surface area contributed by atoms with Gasteiger partial charge in [0.15, 0.2) is 9.84 Å². The highest BCUT2D eigenvalue weighted by Crippen LogP contribution is 2.11. The third-order valence-electron chi connectivity index (χ3n) is 2.32. The van der Waals surface area contributed by atoms with Gasteiger partial charge in [0, 0.05) is 6.54 Å². The zero-order chi connectivity index (χ0) is 12.2. The van der Waals surface area contributed by atoms with Crippen molar-refractivity contribution in [2.24, 2.45) is 0 Å². The first-order chi connectivity index (χ1) is 7.44. The van der Waals surface area contributed by atoms with Crippen LogP contribution in [0.2, 0.25) is 0 Å². The monoisotopic (exact) mass is 249 g/mol. The average molecular weight is 249 g/mol. The molecule has 0 aliphatic carbocycles. The first kappa shape index (κ1) is 13.2. The van der Waals surface area contributed by atoms with Gasteiger partial charge < -0.3 is 4.90 Å². The summed E-state index contributed by atoms with van der Waals surface area (Å²) in [6.07, 6.45) is 2.36. The van der Waals surface area contributed by atoms with Crippen LogP contribution in [0.25, 0.3) is 0 Å². The van der Waals surface area contributed by atoms with E-state index in [2.05, 4.69) is 0 Å². The van der Waals surface area contributed by atoms with E-state index < -0.39 is 21.5 Å². The van der Waals surface area contributed by atoms with E-state index in [1.54, 1.807) is 6.92 Å². The molecule has 1 heterocycles. The second-order valence-corrected chi connectivity index (χ2v) is 6.03. The molecule has 6 heteroatoms. The molecule has 0 aromatic heterocycles. The van der Waals surface area contributed by atoms with Crippen molar-refractivity contribution in [3.8, 4) is 0 Å². The van der Waals surface area contributed by atoms with Crippen molar-refractivity contribution in [3.63, 3.8) is 0 Å². The molecule has 1 aliphatic heterocycles. The Morgan fingerprint density at radius 1 is 1.56 bits per heavy atom. The van der Waals surface area contributed by atoms with Crippen LogP contribution in [0.5, 0.6) is 0 Å². The molecule has 0 N–H and O–H groups in total. The second-order valence-electron chi connectivity index (χ2n) is 3.85. The lowest BCUT2D eigenvalue weighted by Crippen LogP contribution is -2.39. The summed E-state index contributed by atoms with van der Waals surface area (Å²) >= 11 is 0. The van der Waals surface area contributed by atoms with Crippen molar-refractivity contribution >= 4 is 15.7 Å². The van der Waals surface area contributed by atoms with Crippen LogP contribution in [0.3, 0.4) is 0 Å². The SMILES string of the molecule is CCCS(=O)(=O)CC(=O)N1CCC=C(F)C1. The van der Waals surface area contributed by atoms with Crippen molar-refractivity contribution < 1.29 is 17.6 Å². The highest BCUT2D eigenvalue weighted by molar-refractivity contribution is 7.92. The highest BCUT2D eigenvalue weighted by atomic mass is 32.2. The maximum absolute atomic E-state index is 12.9. The summed E-state index contributed by atoms with van der Waals surface area (Å²) in [5, 5.41) is 0. The maximum Gasteiger partial charge on any atom is 0.238 e. The lowest BCUT2D eigenvalue weighted by Gasteiger charge is -2.24. The topological polar surface area (TPSA) is 54.5 Å². The van der Waals surface area contributed by atoms with Crippen molar-refractivity contribution in [3.05, 3.63) is 11.9 Å². The Morgan fingerprint density at radius 2 is 2.25 bits per heavy atom. The largest absolute Gasteiger partial charge is 0.335 e. The van der Waals surface area contributed by atoms with E-state index in [1.807, 2.05) is 0 Å². The van der Waals surface area contributed by atoms with Gasteiger partial charge in [-0.1, -0.05) is 6.92 Å². The fourth-order valence-electron chi connectivity index (χ4n) is 1.58. The minimum atomic E-state index is -3.33. The average Bonchev–Trinajstić information content (AvgIpc) is 2.16. The van der Waals surface area contributed by atoms with Gasteiger partial charge in [-0.05, 0) is 18.9 Å². The molecule has 0 aromatic carbocycles. The van der Waals surface area contributed by atoms with Gasteiger partial charge in [0.25, 0.3) is 0 Å². The molecule has 0 saturated carbocycles. The van der Waals surface area contributed by atoms with Crippen LogP contribution in [0, 0.1) is 0 Å². The molecule has 0 fully saturated rings. The van der Waals surface area contributed by atoms with Crippen molar-refractivity contribution in [2.45, 2.75) is 19.8 Å². The zero-order valence-corrected chi connectivity index (χ0v) is 10.1. The van der Waals surface area contributed by atoms with Crippen LogP contribution in [0.15, 0.2) is 11.9 Å². The number of carbonyl (C=O) groups excluding carboxylic acids is 1. The Labute approximate surface area is 95.0 Å². The predicted molar refractivity (Wildman–Crippen MR) is 59.3 cm³/mol. The van der Waals surface area contributed by atoms with E-state index in [1.165, 1.54) is 11.0 Å². The highest BCUT2D eigenvalue weighted by Gasteiger charge is 2.23. The Balaban J connectivity index is 2.56. The fourth-order valence-corrected chi connectivity index (χ4v) is 2.90. The van der Waals surface area contributed by atoms with Crippen LogP contribution >= 0.6 is 0 Å². The van der Waals surface area contributed by atoms with E-state index in [-0.39, 0.29) is 18.1 Å². The molecule has 1 rings (SSSR count). The molecule has 1 aliphatic rings. The lowest BCUT2D eigenvalue weighted by atomic mass is 10.2. The van der Waals surface area contributed by atoms with Gasteiger partial charge >= 0.3 is 0 Å². The van der Waals surface area contributed by atoms with Crippen LogP contribution in [-0.4, -0.2) is 43.8 Å². The molecular weight excluding hydrogens is 233 g/mol. The summed E-state index contributed by atoms with van der Waals surface area (Å²) in [6.45, 7) is 2.04. The van der Waals surface area contributed by atoms with Crippen molar-refractivity contribution in [2.75, 3.05) is 24.6 Å². The number of carbonyl (C=O) groups is 1. The van der Waals surface area contributed by atoms with E-state index in [0.717, 1.165) is 0 Å². The molecule has 1 amide bonds. The number of nitrogens with zero attached hydrogens (tertiary/aromatic N) is 1. The van der Waals surface area contributed by atoms with Gasteiger partial charge in [-0.15, -0.1) is 0 Å². The van der Waals surface area contributed by atoms with E-state index in [4.69, 9.17) is 0 Å². The Hall–Kier alpha value is -0.910. The number of hydrogen-bond donors (Lipinski definition) is 0. The summed E-state index contributed by atoms with van der Waals surface area (Å²) in [6, 6.07) is 0. The molecule has 0 atom stereocenters. The van der Waals surface area contributed by atoms with Crippen LogP contribution in [0.1, 0.15) is 19.8 Å². The Bertz CT molecular complexity index is 389. The van der Waals surface area contributed by atoms with Gasteiger partial charge in [0.05, 0.1) is 12.3 Å². The molecule has 0 bridgehead atoms. The minimum Gasteiger partial charge on any atom is -0.335 e. The fraction of sp³-hybridized carbons (Fsp3) is 0.700. The molecule has 92 valence electrons. The summed E-state index contributed by atoms with van der Waals surface area (Å²) in [5.41, 5.74) is 0. The molecule has 0 spiro atoms. The number of halogens is 1. The van der Waals surface area contributed by atoms with E-state index in [0.29, 0.717) is 19.4 Å². The van der Waals surface area contributed by atoms with Gasteiger partial charge in [-0.25, -0.2) is 12.8 Å². The van der Waals surface area contributed by atoms with Crippen molar-refractivity contribution in [1.82, 2.24) is 4.90 Å². The smallest absolute Gasteiger partial charge is 0.238 e. The predicted octanol–water partition coefficient (Wildman–Crippen LogP) is 0.897. The van der Waals surface area contributed by atoms with Gasteiger partial charge in [0.2, 0.25) is 5.91 Å². The quantitative estimate of drug-likeness (QED) is 0.743. The van der Waals surface area contributed by atoms with Crippen LogP contribution in [-0.2, 0) is 14.6 Å². The number of amides is 1. The van der Waals surface area contributed by atoms with Gasteiger partial charge in [-0.2, -0.15) is 0 Å². The molecule has 16 heavy (non-hydrogen) atoms. The number of sulfone groups is 1. The molecule has 4 nitrogen and oxygen atoms in total. The first-order valence-corrected chi connectivity index (χ1v) is 7.09. The summed E-state index contributed by atoms with van der Waals surface area (Å²) in [4.78, 5) is 12.8. The van der Waals surface area contributed by atoms with Crippen LogP contribution < -0.4 is 0 Å². The zero-order valence-electron chi connectivity index (χ0n) is 9.28. The minimum absolute atomic E-state index is 0.00486. The number of rotatable bonds is 4. The summed E-state index contributed by atoms with van der Waals surface area (Å²) in [7, 11) is -3.33. The second kappa shape index (κ2) is 5.43. The normalized spacial score (nSPS) is 17.1. The van der Waals surface area contributed by atoms with E-state index >= 15 is 0 Å². The van der Waals surface area contributed by atoms with Crippen LogP contribution in [0.4, 0.5) is 4.39 Å². The maximum atomic E-state index is 12.9. The summed E-state index contributed by atoms with van der Waals surface area (Å²) in [5.74, 6) is -1.37. The Morgan fingerprint density at radius 3 is 2.81 bits per heavy atom. The molecule has 0 radical (unpaired) electrons. The van der Waals surface area contributed by atoms with E-state index in [9.17, 15) is 17.6 Å². The van der Waals surface area contributed by atoms with Gasteiger partial charge in [0.1, 0.15) is 11.6 Å². The first-order valence-electron chi connectivity index (χ1n) is 5.27. The summed E-state index contributed by atoms with van der Waals surface area (Å²) < 4.78 is 35.7. The van der Waals surface area contributed by atoms with Crippen molar-refractivity contribution in [1.29, 1.82) is 0 Å². The third-order valence-corrected chi connectivity index (χ3v) is 4.04. The Kier molecular flexibility index (Phi) is 4.46.